The van der Waals surface area contributed by atoms with Crippen LogP contribution in [0.25, 0.3) is 0 Å². The van der Waals surface area contributed by atoms with Crippen molar-refractivity contribution in [1.82, 2.24) is 5.06 Å². The molecule has 1 saturated heterocycles. The second kappa shape index (κ2) is 4.08. The standard InChI is InChI=1S/C11H24NOP/c1-6-14(7-2)11(5)9-8-10(3,4)12(11)13/h13H,6-9H2,1-5H3. The van der Waals surface area contributed by atoms with Gasteiger partial charge in [-0.3, -0.25) is 0 Å². The van der Waals surface area contributed by atoms with E-state index in [4.69, 9.17) is 0 Å². The molecule has 0 aliphatic carbocycles. The van der Waals surface area contributed by atoms with Crippen molar-refractivity contribution in [3.63, 3.8) is 0 Å². The first-order valence-electron chi connectivity index (χ1n) is 5.62. The van der Waals surface area contributed by atoms with Crippen LogP contribution in [0.15, 0.2) is 0 Å². The third-order valence-corrected chi connectivity index (χ3v) is 6.99. The highest BCUT2D eigenvalue weighted by molar-refractivity contribution is 7.59. The lowest BCUT2D eigenvalue weighted by atomic mass is 10.0. The van der Waals surface area contributed by atoms with Gasteiger partial charge in [0.1, 0.15) is 0 Å². The molecule has 0 aromatic heterocycles. The quantitative estimate of drug-likeness (QED) is 0.731. The highest BCUT2D eigenvalue weighted by atomic mass is 31.1. The Labute approximate surface area is 89.4 Å². The van der Waals surface area contributed by atoms with E-state index in [0.29, 0.717) is 0 Å². The van der Waals surface area contributed by atoms with Gasteiger partial charge < -0.3 is 5.21 Å². The maximum absolute atomic E-state index is 10.3. The SMILES string of the molecule is CCP(CC)C1(C)CCC(C)(C)N1O. The maximum Gasteiger partial charge on any atom is 0.0632 e. The van der Waals surface area contributed by atoms with Gasteiger partial charge in [0, 0.05) is 5.54 Å². The molecule has 1 aliphatic rings. The van der Waals surface area contributed by atoms with Gasteiger partial charge in [0.25, 0.3) is 0 Å². The van der Waals surface area contributed by atoms with Crippen molar-refractivity contribution >= 4 is 7.92 Å². The van der Waals surface area contributed by atoms with Crippen molar-refractivity contribution in [2.24, 2.45) is 0 Å². The van der Waals surface area contributed by atoms with Crippen molar-refractivity contribution in [1.29, 1.82) is 0 Å². The second-order valence-corrected chi connectivity index (χ2v) is 8.32. The van der Waals surface area contributed by atoms with E-state index in [1.54, 1.807) is 5.06 Å². The van der Waals surface area contributed by atoms with Crippen molar-refractivity contribution in [2.75, 3.05) is 12.3 Å². The largest absolute Gasteiger partial charge is 0.313 e. The molecule has 2 nitrogen and oxygen atoms in total. The molecular formula is C11H24NOP. The van der Waals surface area contributed by atoms with E-state index in [2.05, 4.69) is 34.6 Å². The zero-order valence-corrected chi connectivity index (χ0v) is 11.1. The second-order valence-electron chi connectivity index (χ2n) is 5.01. The summed E-state index contributed by atoms with van der Waals surface area (Å²) in [7, 11) is -0.0613. The van der Waals surface area contributed by atoms with E-state index in [1.165, 1.54) is 12.3 Å². The molecule has 1 rings (SSSR count). The minimum absolute atomic E-state index is 0.0281. The molecule has 1 unspecified atom stereocenters. The van der Waals surface area contributed by atoms with Gasteiger partial charge in [-0.2, -0.15) is 5.06 Å². The molecule has 0 spiro atoms. The Bertz CT molecular complexity index is 203. The number of hydroxylamine groups is 2. The zero-order valence-electron chi connectivity index (χ0n) is 10.2. The lowest BCUT2D eigenvalue weighted by molar-refractivity contribution is -0.172. The number of rotatable bonds is 3. The third-order valence-electron chi connectivity index (χ3n) is 3.68. The van der Waals surface area contributed by atoms with Crippen molar-refractivity contribution in [3.8, 4) is 0 Å². The topological polar surface area (TPSA) is 23.5 Å². The minimum atomic E-state index is -0.0613. The Morgan fingerprint density at radius 3 is 1.93 bits per heavy atom. The van der Waals surface area contributed by atoms with Crippen molar-refractivity contribution in [2.45, 2.75) is 58.3 Å². The summed E-state index contributed by atoms with van der Waals surface area (Å²) in [6.45, 7) is 11.0. The predicted molar refractivity (Wildman–Crippen MR) is 63.3 cm³/mol. The molecule has 14 heavy (non-hydrogen) atoms. The Kier molecular flexibility index (Phi) is 3.62. The van der Waals surface area contributed by atoms with Crippen LogP contribution in [-0.2, 0) is 0 Å². The fourth-order valence-electron chi connectivity index (χ4n) is 2.60. The first-order valence-corrected chi connectivity index (χ1v) is 7.34. The van der Waals surface area contributed by atoms with E-state index < -0.39 is 0 Å². The van der Waals surface area contributed by atoms with Crippen LogP contribution in [0, 0.1) is 0 Å². The number of nitrogens with zero attached hydrogens (tertiary/aromatic N) is 1. The summed E-state index contributed by atoms with van der Waals surface area (Å²) in [5.41, 5.74) is -0.0281. The molecule has 84 valence electrons. The van der Waals surface area contributed by atoms with Crippen molar-refractivity contribution < 1.29 is 5.21 Å². The normalized spacial score (nSPS) is 32.8. The smallest absolute Gasteiger partial charge is 0.0632 e. The van der Waals surface area contributed by atoms with Crippen LogP contribution >= 0.6 is 7.92 Å². The van der Waals surface area contributed by atoms with Crippen LogP contribution in [0.4, 0.5) is 0 Å². The van der Waals surface area contributed by atoms with Crippen LogP contribution in [0.5, 0.6) is 0 Å². The monoisotopic (exact) mass is 217 g/mol. The van der Waals surface area contributed by atoms with Crippen LogP contribution in [0.1, 0.15) is 47.5 Å². The Balaban J connectivity index is 2.86. The Morgan fingerprint density at radius 1 is 1.14 bits per heavy atom. The first-order chi connectivity index (χ1) is 6.38. The number of hydrogen-bond donors (Lipinski definition) is 1. The average molecular weight is 217 g/mol. The molecule has 1 aliphatic heterocycles. The summed E-state index contributed by atoms with van der Waals surface area (Å²) >= 11 is 0. The van der Waals surface area contributed by atoms with Crippen LogP contribution < -0.4 is 0 Å². The summed E-state index contributed by atoms with van der Waals surface area (Å²) in [5.74, 6) is 0. The molecule has 0 saturated carbocycles. The summed E-state index contributed by atoms with van der Waals surface area (Å²) in [6, 6.07) is 0. The number of hydrogen-bond acceptors (Lipinski definition) is 2. The van der Waals surface area contributed by atoms with Gasteiger partial charge in [0.05, 0.1) is 5.28 Å². The van der Waals surface area contributed by atoms with Gasteiger partial charge in [-0.25, -0.2) is 0 Å². The molecule has 1 atom stereocenters. The third kappa shape index (κ3) is 1.85. The van der Waals surface area contributed by atoms with Gasteiger partial charge in [-0.15, -0.1) is 0 Å². The fraction of sp³-hybridized carbons (Fsp3) is 1.00. The van der Waals surface area contributed by atoms with Gasteiger partial charge in [-0.1, -0.05) is 21.8 Å². The Morgan fingerprint density at radius 2 is 1.64 bits per heavy atom. The van der Waals surface area contributed by atoms with E-state index >= 15 is 0 Å². The van der Waals surface area contributed by atoms with Crippen LogP contribution in [-0.4, -0.2) is 33.4 Å². The minimum Gasteiger partial charge on any atom is -0.313 e. The molecule has 1 N–H and O–H groups in total. The van der Waals surface area contributed by atoms with Crippen LogP contribution in [0.2, 0.25) is 0 Å². The van der Waals surface area contributed by atoms with Gasteiger partial charge in [0.2, 0.25) is 0 Å². The lowest BCUT2D eigenvalue weighted by Gasteiger charge is -2.42. The van der Waals surface area contributed by atoms with Gasteiger partial charge in [-0.05, 0) is 45.9 Å². The van der Waals surface area contributed by atoms with Crippen molar-refractivity contribution in [3.05, 3.63) is 0 Å². The molecule has 0 amide bonds. The molecule has 0 aromatic rings. The highest BCUT2D eigenvalue weighted by Crippen LogP contribution is 2.58. The highest BCUT2D eigenvalue weighted by Gasteiger charge is 2.50. The molecule has 0 bridgehead atoms. The fourth-order valence-corrected chi connectivity index (χ4v) is 5.38. The predicted octanol–water partition coefficient (Wildman–Crippen LogP) is 3.49. The summed E-state index contributed by atoms with van der Waals surface area (Å²) < 4.78 is 0. The molecule has 1 heterocycles. The molecular weight excluding hydrogens is 193 g/mol. The molecule has 1 fully saturated rings. The first kappa shape index (κ1) is 12.4. The summed E-state index contributed by atoms with van der Waals surface area (Å²) in [4.78, 5) is 0. The molecule has 0 radical (unpaired) electrons. The van der Waals surface area contributed by atoms with E-state index in [1.807, 2.05) is 0 Å². The van der Waals surface area contributed by atoms with E-state index in [-0.39, 0.29) is 18.7 Å². The molecule has 3 heteroatoms. The van der Waals surface area contributed by atoms with Gasteiger partial charge in [0.15, 0.2) is 0 Å². The van der Waals surface area contributed by atoms with Crippen LogP contribution in [0.3, 0.4) is 0 Å². The Hall–Kier alpha value is 0.350. The maximum atomic E-state index is 10.3. The average Bonchev–Trinajstić information content (AvgIpc) is 2.33. The van der Waals surface area contributed by atoms with Gasteiger partial charge >= 0.3 is 0 Å². The van der Waals surface area contributed by atoms with E-state index in [9.17, 15) is 5.21 Å². The lowest BCUT2D eigenvalue weighted by Crippen LogP contribution is -2.46. The van der Waals surface area contributed by atoms with E-state index in [0.717, 1.165) is 12.8 Å². The molecule has 0 aromatic carbocycles. The zero-order chi connectivity index (χ0) is 11.0. The summed E-state index contributed by atoms with van der Waals surface area (Å²) in [6.07, 6.45) is 4.69. The summed E-state index contributed by atoms with van der Waals surface area (Å²) in [5, 5.41) is 12.0.